The molecule has 0 bridgehead atoms. The number of likely N-dealkylation sites (N-methyl/N-ethyl adjacent to an activating group) is 1. The zero-order valence-corrected chi connectivity index (χ0v) is 12.1. The van der Waals surface area contributed by atoms with Gasteiger partial charge >= 0.3 is 0 Å². The standard InChI is InChI=1S/C15H24N2O/c1-6-17(7-2)15(18)13(5)16-14-9-8-11(3)10-12(14)4/h8-10,13,16H,6-7H2,1-5H3. The minimum absolute atomic E-state index is 0.153. The van der Waals surface area contributed by atoms with Gasteiger partial charge in [0.2, 0.25) is 5.91 Å². The van der Waals surface area contributed by atoms with E-state index in [4.69, 9.17) is 0 Å². The number of anilines is 1. The van der Waals surface area contributed by atoms with Crippen molar-refractivity contribution in [1.29, 1.82) is 0 Å². The second kappa shape index (κ2) is 6.43. The minimum atomic E-state index is -0.189. The fourth-order valence-corrected chi connectivity index (χ4v) is 2.08. The topological polar surface area (TPSA) is 32.3 Å². The molecule has 1 N–H and O–H groups in total. The summed E-state index contributed by atoms with van der Waals surface area (Å²) >= 11 is 0. The third-order valence-corrected chi connectivity index (χ3v) is 3.20. The number of nitrogens with zero attached hydrogens (tertiary/aromatic N) is 1. The predicted molar refractivity (Wildman–Crippen MR) is 76.9 cm³/mol. The number of hydrogen-bond acceptors (Lipinski definition) is 2. The van der Waals surface area contributed by atoms with Crippen molar-refractivity contribution >= 4 is 11.6 Å². The first-order chi connectivity index (χ1) is 8.49. The van der Waals surface area contributed by atoms with Crippen LogP contribution in [0.15, 0.2) is 18.2 Å². The quantitative estimate of drug-likeness (QED) is 0.869. The normalized spacial score (nSPS) is 12.1. The lowest BCUT2D eigenvalue weighted by molar-refractivity contribution is -0.131. The van der Waals surface area contributed by atoms with Crippen molar-refractivity contribution in [2.24, 2.45) is 0 Å². The zero-order chi connectivity index (χ0) is 13.7. The Kier molecular flexibility index (Phi) is 5.20. The molecule has 0 saturated heterocycles. The molecule has 1 aromatic rings. The molecule has 1 atom stereocenters. The van der Waals surface area contributed by atoms with Crippen LogP contribution in [-0.4, -0.2) is 29.9 Å². The Labute approximate surface area is 110 Å². The summed E-state index contributed by atoms with van der Waals surface area (Å²) in [5.74, 6) is 0.153. The van der Waals surface area contributed by atoms with Crippen molar-refractivity contribution in [3.63, 3.8) is 0 Å². The van der Waals surface area contributed by atoms with Crippen molar-refractivity contribution in [2.75, 3.05) is 18.4 Å². The van der Waals surface area contributed by atoms with E-state index in [0.717, 1.165) is 18.8 Å². The van der Waals surface area contributed by atoms with Gasteiger partial charge in [-0.15, -0.1) is 0 Å². The molecule has 18 heavy (non-hydrogen) atoms. The summed E-state index contributed by atoms with van der Waals surface area (Å²) < 4.78 is 0. The fourth-order valence-electron chi connectivity index (χ4n) is 2.08. The van der Waals surface area contributed by atoms with Crippen LogP contribution in [0.3, 0.4) is 0 Å². The number of aryl methyl sites for hydroxylation is 2. The summed E-state index contributed by atoms with van der Waals surface area (Å²) in [4.78, 5) is 14.0. The number of rotatable bonds is 5. The highest BCUT2D eigenvalue weighted by Crippen LogP contribution is 2.17. The van der Waals surface area contributed by atoms with Crippen molar-refractivity contribution in [2.45, 2.75) is 40.7 Å². The second-order valence-corrected chi connectivity index (χ2v) is 4.69. The summed E-state index contributed by atoms with van der Waals surface area (Å²) in [6.45, 7) is 11.6. The van der Waals surface area contributed by atoms with Gasteiger partial charge in [-0.1, -0.05) is 17.7 Å². The molecule has 1 rings (SSSR count). The Morgan fingerprint density at radius 2 is 1.89 bits per heavy atom. The Hall–Kier alpha value is -1.51. The predicted octanol–water partition coefficient (Wildman–Crippen LogP) is 2.97. The number of hydrogen-bond donors (Lipinski definition) is 1. The number of amides is 1. The number of carbonyl (C=O) groups excluding carboxylic acids is 1. The van der Waals surface area contributed by atoms with Crippen molar-refractivity contribution in [1.82, 2.24) is 4.90 Å². The summed E-state index contributed by atoms with van der Waals surface area (Å²) in [5, 5.41) is 3.30. The number of benzene rings is 1. The maximum Gasteiger partial charge on any atom is 0.244 e. The SMILES string of the molecule is CCN(CC)C(=O)C(C)Nc1ccc(C)cc1C. The van der Waals surface area contributed by atoms with Crippen LogP contribution in [0.25, 0.3) is 0 Å². The van der Waals surface area contributed by atoms with Crippen LogP contribution in [0.4, 0.5) is 5.69 Å². The van der Waals surface area contributed by atoms with Crippen LogP contribution in [0.2, 0.25) is 0 Å². The van der Waals surface area contributed by atoms with Gasteiger partial charge in [0.15, 0.2) is 0 Å². The van der Waals surface area contributed by atoms with Crippen LogP contribution in [0.5, 0.6) is 0 Å². The van der Waals surface area contributed by atoms with Crippen LogP contribution in [0.1, 0.15) is 31.9 Å². The van der Waals surface area contributed by atoms with E-state index in [1.807, 2.05) is 31.7 Å². The molecule has 1 unspecified atom stereocenters. The molecule has 0 aliphatic heterocycles. The van der Waals surface area contributed by atoms with Crippen molar-refractivity contribution in [3.05, 3.63) is 29.3 Å². The molecule has 3 heteroatoms. The molecule has 1 aromatic carbocycles. The molecular formula is C15H24N2O. The Balaban J connectivity index is 2.75. The second-order valence-electron chi connectivity index (χ2n) is 4.69. The van der Waals surface area contributed by atoms with Crippen LogP contribution < -0.4 is 5.32 Å². The largest absolute Gasteiger partial charge is 0.374 e. The van der Waals surface area contributed by atoms with Gasteiger partial charge in [0.05, 0.1) is 0 Å². The molecule has 100 valence electrons. The molecule has 0 aliphatic rings. The van der Waals surface area contributed by atoms with Crippen LogP contribution in [-0.2, 0) is 4.79 Å². The van der Waals surface area contributed by atoms with E-state index in [1.165, 1.54) is 11.1 Å². The maximum absolute atomic E-state index is 12.2. The Morgan fingerprint density at radius 1 is 1.28 bits per heavy atom. The molecule has 0 radical (unpaired) electrons. The minimum Gasteiger partial charge on any atom is -0.374 e. The van der Waals surface area contributed by atoms with Gasteiger partial charge in [0.1, 0.15) is 6.04 Å². The van der Waals surface area contributed by atoms with Gasteiger partial charge in [-0.2, -0.15) is 0 Å². The van der Waals surface area contributed by atoms with E-state index in [2.05, 4.69) is 31.3 Å². The third kappa shape index (κ3) is 3.49. The zero-order valence-electron chi connectivity index (χ0n) is 12.1. The summed E-state index contributed by atoms with van der Waals surface area (Å²) in [6, 6.07) is 6.03. The number of nitrogens with one attached hydrogen (secondary N) is 1. The first kappa shape index (κ1) is 14.6. The molecule has 0 spiro atoms. The maximum atomic E-state index is 12.2. The van der Waals surface area contributed by atoms with Gasteiger partial charge in [-0.25, -0.2) is 0 Å². The molecule has 3 nitrogen and oxygen atoms in total. The molecule has 0 aliphatic carbocycles. The highest BCUT2D eigenvalue weighted by molar-refractivity contribution is 5.84. The van der Waals surface area contributed by atoms with E-state index in [1.54, 1.807) is 0 Å². The van der Waals surface area contributed by atoms with Gasteiger partial charge in [0.25, 0.3) is 0 Å². The summed E-state index contributed by atoms with van der Waals surface area (Å²) in [5.41, 5.74) is 3.45. The van der Waals surface area contributed by atoms with Gasteiger partial charge in [-0.05, 0) is 46.2 Å². The van der Waals surface area contributed by atoms with Gasteiger partial charge in [-0.3, -0.25) is 4.79 Å². The Morgan fingerprint density at radius 3 is 2.39 bits per heavy atom. The smallest absolute Gasteiger partial charge is 0.244 e. The van der Waals surface area contributed by atoms with E-state index in [-0.39, 0.29) is 11.9 Å². The molecule has 0 saturated carbocycles. The van der Waals surface area contributed by atoms with Gasteiger partial charge < -0.3 is 10.2 Å². The monoisotopic (exact) mass is 248 g/mol. The van der Waals surface area contributed by atoms with Crippen LogP contribution >= 0.6 is 0 Å². The average Bonchev–Trinajstić information content (AvgIpc) is 2.34. The van der Waals surface area contributed by atoms with E-state index >= 15 is 0 Å². The third-order valence-electron chi connectivity index (χ3n) is 3.20. The Bertz CT molecular complexity index is 411. The highest BCUT2D eigenvalue weighted by Gasteiger charge is 2.18. The summed E-state index contributed by atoms with van der Waals surface area (Å²) in [6.07, 6.45) is 0. The van der Waals surface area contributed by atoms with Crippen molar-refractivity contribution in [3.8, 4) is 0 Å². The molecule has 0 heterocycles. The summed E-state index contributed by atoms with van der Waals surface area (Å²) in [7, 11) is 0. The lowest BCUT2D eigenvalue weighted by Crippen LogP contribution is -2.41. The molecule has 0 fully saturated rings. The van der Waals surface area contributed by atoms with E-state index < -0.39 is 0 Å². The fraction of sp³-hybridized carbons (Fsp3) is 0.533. The molecule has 0 aromatic heterocycles. The first-order valence-corrected chi connectivity index (χ1v) is 6.62. The first-order valence-electron chi connectivity index (χ1n) is 6.62. The van der Waals surface area contributed by atoms with Gasteiger partial charge in [0, 0.05) is 18.8 Å². The lowest BCUT2D eigenvalue weighted by atomic mass is 10.1. The van der Waals surface area contributed by atoms with Crippen molar-refractivity contribution < 1.29 is 4.79 Å². The van der Waals surface area contributed by atoms with E-state index in [9.17, 15) is 4.79 Å². The average molecular weight is 248 g/mol. The highest BCUT2D eigenvalue weighted by atomic mass is 16.2. The van der Waals surface area contributed by atoms with Crippen LogP contribution in [0, 0.1) is 13.8 Å². The molecular weight excluding hydrogens is 224 g/mol. The number of carbonyl (C=O) groups is 1. The lowest BCUT2D eigenvalue weighted by Gasteiger charge is -2.24. The van der Waals surface area contributed by atoms with E-state index in [0.29, 0.717) is 0 Å². The molecule has 1 amide bonds.